The Morgan fingerprint density at radius 1 is 1.03 bits per heavy atom. The molecule has 0 radical (unpaired) electrons. The number of anilines is 3. The third-order valence-electron chi connectivity index (χ3n) is 4.87. The number of ether oxygens (including phenoxy) is 2. The number of alkyl halides is 1. The van der Waals surface area contributed by atoms with Gasteiger partial charge in [-0.05, 0) is 60.6 Å². The van der Waals surface area contributed by atoms with Gasteiger partial charge in [-0.1, -0.05) is 6.07 Å². The van der Waals surface area contributed by atoms with Crippen molar-refractivity contribution in [1.29, 1.82) is 0 Å². The molecule has 1 fully saturated rings. The monoisotopic (exact) mass is 476 g/mol. The minimum Gasteiger partial charge on any atom is -0.491 e. The Hall–Kier alpha value is -3.65. The van der Waals surface area contributed by atoms with Crippen LogP contribution >= 0.6 is 0 Å². The number of amides is 1. The molecule has 34 heavy (non-hydrogen) atoms. The topological polar surface area (TPSA) is 66.9 Å². The van der Waals surface area contributed by atoms with Gasteiger partial charge in [0, 0.05) is 49.2 Å². The zero-order valence-corrected chi connectivity index (χ0v) is 18.5. The summed E-state index contributed by atoms with van der Waals surface area (Å²) >= 11 is 0. The molecule has 4 rings (SSSR count). The smallest absolute Gasteiger partial charge is 0.255 e. The summed E-state index contributed by atoms with van der Waals surface area (Å²) in [7, 11) is 0. The number of pyridine rings is 1. The average molecular weight is 477 g/mol. The summed E-state index contributed by atoms with van der Waals surface area (Å²) in [5.74, 6) is -0.222. The first-order valence-corrected chi connectivity index (χ1v) is 10.8. The summed E-state index contributed by atoms with van der Waals surface area (Å²) in [6.45, 7) is -4.73. The van der Waals surface area contributed by atoms with E-state index >= 15 is 0 Å². The standard InChI is InChI=1S/C26H29FN4O3/c27-12-18-33-19-20-34-24-10-4-21(5-11-24)26(32)29-22-6-8-23(9-7-22)30-14-16-31(17-15-30)25-3-1-2-13-28-25/h1-11,13H,12,14-20H2,(H,29,32)/i4T,5T,16T2,17T2. The first-order valence-electron chi connectivity index (χ1n) is 13.8. The number of carbonyl (C=O) groups excluding carboxylic acids is 1. The Bertz CT molecular complexity index is 1280. The van der Waals surface area contributed by atoms with Crippen molar-refractivity contribution in [2.45, 2.75) is 0 Å². The molecule has 0 spiro atoms. The van der Waals surface area contributed by atoms with E-state index in [2.05, 4.69) is 10.3 Å². The van der Waals surface area contributed by atoms with Crippen LogP contribution in [-0.4, -0.2) is 63.5 Å². The zero-order valence-electron chi connectivity index (χ0n) is 24.5. The number of aromatic nitrogens is 1. The second-order valence-electron chi connectivity index (χ2n) is 7.20. The van der Waals surface area contributed by atoms with Gasteiger partial charge in [0.2, 0.25) is 0 Å². The molecule has 0 aliphatic carbocycles. The third kappa shape index (κ3) is 6.45. The van der Waals surface area contributed by atoms with Crippen LogP contribution in [0.5, 0.6) is 5.75 Å². The number of hydrogen-bond donors (Lipinski definition) is 1. The molecule has 0 unspecified atom stereocenters. The Morgan fingerprint density at radius 2 is 1.79 bits per heavy atom. The maximum absolute atomic E-state index is 12.9. The van der Waals surface area contributed by atoms with Gasteiger partial charge in [-0.2, -0.15) is 0 Å². The largest absolute Gasteiger partial charge is 0.491 e. The second-order valence-corrected chi connectivity index (χ2v) is 7.20. The number of carbonyl (C=O) groups is 1. The quantitative estimate of drug-likeness (QED) is 0.446. The normalized spacial score (nSPS) is 19.1. The van der Waals surface area contributed by atoms with E-state index in [0.717, 1.165) is 4.90 Å². The van der Waals surface area contributed by atoms with Gasteiger partial charge in [0.1, 0.15) is 24.8 Å². The summed E-state index contributed by atoms with van der Waals surface area (Å²) in [6.07, 6.45) is 1.49. The van der Waals surface area contributed by atoms with E-state index in [-0.39, 0.29) is 62.1 Å². The molecule has 7 nitrogen and oxygen atoms in total. The molecule has 1 aromatic heterocycles. The van der Waals surface area contributed by atoms with Gasteiger partial charge < -0.3 is 24.6 Å². The highest BCUT2D eigenvalue weighted by Gasteiger charge is 2.18. The number of hydrogen-bond acceptors (Lipinski definition) is 6. The minimum atomic E-state index is -2.06. The van der Waals surface area contributed by atoms with Crippen LogP contribution in [0.1, 0.15) is 18.6 Å². The van der Waals surface area contributed by atoms with Gasteiger partial charge in [-0.15, -0.1) is 0 Å². The van der Waals surface area contributed by atoms with Crippen molar-refractivity contribution in [1.82, 2.24) is 4.98 Å². The fraction of sp³-hybridized carbons (Fsp3) is 0.308. The zero-order chi connectivity index (χ0) is 28.9. The van der Waals surface area contributed by atoms with E-state index in [1.807, 2.05) is 0 Å². The maximum Gasteiger partial charge on any atom is 0.255 e. The van der Waals surface area contributed by atoms with E-state index in [9.17, 15) is 9.18 Å². The van der Waals surface area contributed by atoms with Gasteiger partial charge in [0.15, 0.2) is 0 Å². The molecule has 1 amide bonds. The molecule has 1 aliphatic heterocycles. The van der Waals surface area contributed by atoms with Crippen molar-refractivity contribution in [2.24, 2.45) is 0 Å². The summed E-state index contributed by atoms with van der Waals surface area (Å²) < 4.78 is 73.1. The van der Waals surface area contributed by atoms with Crippen molar-refractivity contribution in [3.63, 3.8) is 0 Å². The summed E-state index contributed by atoms with van der Waals surface area (Å²) in [5.41, 5.74) is 0.805. The first-order chi connectivity index (χ1) is 19.0. The molecule has 1 aliphatic rings. The Balaban J connectivity index is 1.42. The van der Waals surface area contributed by atoms with Crippen LogP contribution in [0, 0.1) is 0 Å². The van der Waals surface area contributed by atoms with Gasteiger partial charge in [0.25, 0.3) is 5.91 Å². The first kappa shape index (κ1) is 16.9. The number of rotatable bonds is 10. The molecule has 1 saturated heterocycles. The molecule has 2 aromatic carbocycles. The van der Waals surface area contributed by atoms with Crippen molar-refractivity contribution < 1.29 is 26.9 Å². The number of halogens is 1. The molecule has 8 heteroatoms. The van der Waals surface area contributed by atoms with Crippen LogP contribution in [0.15, 0.2) is 72.9 Å². The number of nitrogens with one attached hydrogen (secondary N) is 1. The van der Waals surface area contributed by atoms with Crippen LogP contribution in [0.3, 0.4) is 0 Å². The third-order valence-corrected chi connectivity index (χ3v) is 4.87. The highest BCUT2D eigenvalue weighted by molar-refractivity contribution is 6.04. The lowest BCUT2D eigenvalue weighted by molar-refractivity contribution is 0.0897. The highest BCUT2D eigenvalue weighted by Crippen LogP contribution is 2.22. The minimum absolute atomic E-state index is 0.0378. The van der Waals surface area contributed by atoms with Crippen LogP contribution in [0.2, 0.25) is 0 Å². The lowest BCUT2D eigenvalue weighted by atomic mass is 10.2. The molecule has 0 atom stereocenters. The maximum atomic E-state index is 12.9. The van der Waals surface area contributed by atoms with Gasteiger partial charge >= 0.3 is 0 Å². The van der Waals surface area contributed by atoms with E-state index in [1.54, 1.807) is 47.4 Å². The Morgan fingerprint density at radius 3 is 2.47 bits per heavy atom. The highest BCUT2D eigenvalue weighted by atomic mass is 19.1. The van der Waals surface area contributed by atoms with Crippen LogP contribution in [0.4, 0.5) is 21.6 Å². The second kappa shape index (κ2) is 12.0. The summed E-state index contributed by atoms with van der Waals surface area (Å²) in [4.78, 5) is 19.6. The van der Waals surface area contributed by atoms with E-state index in [0.29, 0.717) is 11.4 Å². The predicted octanol–water partition coefficient (Wildman–Crippen LogP) is 4.03. The lowest BCUT2D eigenvalue weighted by Gasteiger charge is -2.36. The van der Waals surface area contributed by atoms with Crippen molar-refractivity contribution in [2.75, 3.05) is 67.7 Å². The molecule has 0 bridgehead atoms. The van der Waals surface area contributed by atoms with Crippen LogP contribution < -0.4 is 19.9 Å². The number of piperazine rings is 1. The van der Waals surface area contributed by atoms with Crippen molar-refractivity contribution in [3.05, 3.63) is 78.4 Å². The molecule has 178 valence electrons. The lowest BCUT2D eigenvalue weighted by Crippen LogP contribution is -2.46. The van der Waals surface area contributed by atoms with E-state index in [1.165, 1.54) is 18.3 Å². The SMILES string of the molecule is [3H]c1cc(OCCOCCF)cc([3H])c1C(=O)Nc1ccc(N2CC([3H])([3H])N(c3ccccn3)C([3H])([3H])C2)cc1. The average Bonchev–Trinajstić information content (AvgIpc) is 2.88. The molecule has 2 heterocycles. The fourth-order valence-corrected chi connectivity index (χ4v) is 3.16. The van der Waals surface area contributed by atoms with Gasteiger partial charge in [-0.25, -0.2) is 9.37 Å². The van der Waals surface area contributed by atoms with Crippen LogP contribution in [0.25, 0.3) is 0 Å². The molecular weight excluding hydrogens is 435 g/mol. The number of nitrogens with zero attached hydrogens (tertiary/aromatic N) is 3. The Kier molecular flexibility index (Phi) is 5.96. The van der Waals surface area contributed by atoms with Crippen LogP contribution in [-0.2, 0) is 4.74 Å². The van der Waals surface area contributed by atoms with E-state index in [4.69, 9.17) is 17.7 Å². The predicted molar refractivity (Wildman–Crippen MR) is 132 cm³/mol. The van der Waals surface area contributed by atoms with Crippen molar-refractivity contribution in [3.8, 4) is 5.75 Å². The molecule has 1 N–H and O–H groups in total. The molecule has 3 aromatic rings. The fourth-order valence-electron chi connectivity index (χ4n) is 3.16. The summed E-state index contributed by atoms with van der Waals surface area (Å²) in [5, 5.41) is 2.66. The number of benzene rings is 2. The Labute approximate surface area is 207 Å². The molecular formula is C26H29FN4O3. The summed E-state index contributed by atoms with van der Waals surface area (Å²) in [6, 6.07) is 13.6. The molecule has 0 saturated carbocycles. The van der Waals surface area contributed by atoms with Gasteiger partial charge in [-0.3, -0.25) is 4.79 Å². The van der Waals surface area contributed by atoms with Gasteiger partial charge in [0.05, 0.1) is 21.4 Å². The van der Waals surface area contributed by atoms with Crippen molar-refractivity contribution >= 4 is 23.1 Å². The van der Waals surface area contributed by atoms with E-state index < -0.39 is 25.6 Å².